The van der Waals surface area contributed by atoms with Crippen LogP contribution in [0.3, 0.4) is 0 Å². The summed E-state index contributed by atoms with van der Waals surface area (Å²) in [7, 11) is 0. The fourth-order valence-corrected chi connectivity index (χ4v) is 3.87. The van der Waals surface area contributed by atoms with Crippen molar-refractivity contribution in [1.82, 2.24) is 5.32 Å². The largest absolute Gasteiger partial charge is 0.377 e. The van der Waals surface area contributed by atoms with Crippen LogP contribution in [0.25, 0.3) is 0 Å². The molecule has 1 saturated carbocycles. The van der Waals surface area contributed by atoms with Crippen molar-refractivity contribution < 1.29 is 4.74 Å². The Kier molecular flexibility index (Phi) is 4.71. The monoisotopic (exact) mass is 253 g/mol. The molecule has 2 nitrogen and oxygen atoms in total. The smallest absolute Gasteiger partial charge is 0.0684 e. The van der Waals surface area contributed by atoms with Crippen LogP contribution in [0.5, 0.6) is 0 Å². The van der Waals surface area contributed by atoms with Gasteiger partial charge in [0.2, 0.25) is 0 Å². The lowest BCUT2D eigenvalue weighted by Gasteiger charge is -2.60. The minimum Gasteiger partial charge on any atom is -0.377 e. The number of hydrogen-bond donors (Lipinski definition) is 1. The van der Waals surface area contributed by atoms with Crippen molar-refractivity contribution in [1.29, 1.82) is 0 Å². The van der Waals surface area contributed by atoms with E-state index in [2.05, 4.69) is 33.0 Å². The summed E-state index contributed by atoms with van der Waals surface area (Å²) in [6.07, 6.45) is 7.18. The predicted molar refractivity (Wildman–Crippen MR) is 76.7 cm³/mol. The van der Waals surface area contributed by atoms with Gasteiger partial charge in [-0.3, -0.25) is 0 Å². The summed E-state index contributed by atoms with van der Waals surface area (Å²) < 4.78 is 5.94. The highest BCUT2D eigenvalue weighted by Crippen LogP contribution is 2.51. The minimum atomic E-state index is 0.336. The molecular weight excluding hydrogens is 222 g/mol. The number of hydrogen-bond acceptors (Lipinski definition) is 2. The van der Waals surface area contributed by atoms with Crippen LogP contribution in [-0.2, 0) is 4.74 Å². The van der Waals surface area contributed by atoms with Crippen LogP contribution in [-0.4, -0.2) is 25.3 Å². The van der Waals surface area contributed by atoms with Crippen molar-refractivity contribution in [3.63, 3.8) is 0 Å². The Bertz CT molecular complexity index is 262. The van der Waals surface area contributed by atoms with E-state index in [0.717, 1.165) is 18.4 Å². The number of rotatable bonds is 6. The summed E-state index contributed by atoms with van der Waals surface area (Å²) in [4.78, 5) is 0. The molecule has 0 aromatic heterocycles. The quantitative estimate of drug-likeness (QED) is 0.730. The number of ether oxygens (including phenoxy) is 1. The molecule has 106 valence electrons. The van der Waals surface area contributed by atoms with Crippen molar-refractivity contribution in [3.8, 4) is 0 Å². The Morgan fingerprint density at radius 3 is 2.78 bits per heavy atom. The first-order chi connectivity index (χ1) is 8.53. The molecule has 2 rings (SSSR count). The zero-order valence-electron chi connectivity index (χ0n) is 12.7. The third kappa shape index (κ3) is 2.91. The molecule has 0 spiro atoms. The van der Waals surface area contributed by atoms with E-state index in [-0.39, 0.29) is 0 Å². The van der Waals surface area contributed by atoms with Crippen LogP contribution in [0.15, 0.2) is 0 Å². The second-order valence-electron chi connectivity index (χ2n) is 7.24. The molecule has 0 aromatic rings. The van der Waals surface area contributed by atoms with E-state index >= 15 is 0 Å². The maximum absolute atomic E-state index is 5.94. The van der Waals surface area contributed by atoms with E-state index in [4.69, 9.17) is 4.74 Å². The normalized spacial score (nSPS) is 34.2. The van der Waals surface area contributed by atoms with Crippen LogP contribution >= 0.6 is 0 Å². The molecule has 1 aliphatic heterocycles. The molecule has 1 N–H and O–H groups in total. The van der Waals surface area contributed by atoms with Crippen molar-refractivity contribution in [2.75, 3.05) is 13.2 Å². The zero-order valence-corrected chi connectivity index (χ0v) is 12.7. The van der Waals surface area contributed by atoms with Gasteiger partial charge in [-0.05, 0) is 31.7 Å². The Morgan fingerprint density at radius 2 is 2.06 bits per heavy atom. The molecule has 2 heteroatoms. The molecule has 1 saturated heterocycles. The van der Waals surface area contributed by atoms with E-state index < -0.39 is 0 Å². The first kappa shape index (κ1) is 14.3. The second kappa shape index (κ2) is 5.92. The maximum atomic E-state index is 5.94. The average molecular weight is 253 g/mol. The Labute approximate surface area is 113 Å². The molecule has 0 amide bonds. The van der Waals surface area contributed by atoms with Gasteiger partial charge in [0, 0.05) is 24.0 Å². The fourth-order valence-electron chi connectivity index (χ4n) is 3.87. The van der Waals surface area contributed by atoms with Gasteiger partial charge in [0.1, 0.15) is 0 Å². The molecule has 2 aliphatic rings. The van der Waals surface area contributed by atoms with Gasteiger partial charge in [0.25, 0.3) is 0 Å². The molecule has 0 aromatic carbocycles. The molecule has 0 bridgehead atoms. The number of fused-ring (bicyclic) bond motifs is 1. The van der Waals surface area contributed by atoms with Crippen LogP contribution < -0.4 is 5.32 Å². The minimum absolute atomic E-state index is 0.336. The van der Waals surface area contributed by atoms with Gasteiger partial charge < -0.3 is 10.1 Å². The third-order valence-electron chi connectivity index (χ3n) is 4.90. The summed E-state index contributed by atoms with van der Waals surface area (Å²) in [5.74, 6) is 1.63. The third-order valence-corrected chi connectivity index (χ3v) is 4.90. The topological polar surface area (TPSA) is 21.3 Å². The van der Waals surface area contributed by atoms with Crippen molar-refractivity contribution in [2.45, 2.75) is 71.9 Å². The number of nitrogens with one attached hydrogen (secondary N) is 1. The van der Waals surface area contributed by atoms with Gasteiger partial charge >= 0.3 is 0 Å². The van der Waals surface area contributed by atoms with Gasteiger partial charge in [-0.2, -0.15) is 0 Å². The molecule has 2 fully saturated rings. The van der Waals surface area contributed by atoms with Crippen molar-refractivity contribution in [3.05, 3.63) is 0 Å². The number of unbranched alkanes of at least 4 members (excludes halogenated alkanes) is 1. The first-order valence-corrected chi connectivity index (χ1v) is 7.88. The van der Waals surface area contributed by atoms with E-state index in [9.17, 15) is 0 Å². The first-order valence-electron chi connectivity index (χ1n) is 7.88. The maximum Gasteiger partial charge on any atom is 0.0684 e. The zero-order chi connectivity index (χ0) is 13.2. The lowest BCUT2D eigenvalue weighted by atomic mass is 9.55. The van der Waals surface area contributed by atoms with Gasteiger partial charge in [-0.15, -0.1) is 0 Å². The molecular formula is C16H31NO. The van der Waals surface area contributed by atoms with Crippen molar-refractivity contribution >= 4 is 0 Å². The lowest BCUT2D eigenvalue weighted by molar-refractivity contribution is -0.192. The van der Waals surface area contributed by atoms with E-state index in [1.54, 1.807) is 0 Å². The Morgan fingerprint density at radius 1 is 1.28 bits per heavy atom. The predicted octanol–water partition coefficient (Wildman–Crippen LogP) is 3.61. The Hall–Kier alpha value is -0.0800. The van der Waals surface area contributed by atoms with E-state index in [0.29, 0.717) is 17.6 Å². The summed E-state index contributed by atoms with van der Waals surface area (Å²) >= 11 is 0. The molecule has 1 heterocycles. The molecule has 1 aliphatic carbocycles. The van der Waals surface area contributed by atoms with E-state index in [1.807, 2.05) is 0 Å². The molecule has 3 atom stereocenters. The van der Waals surface area contributed by atoms with Gasteiger partial charge in [0.15, 0.2) is 0 Å². The summed E-state index contributed by atoms with van der Waals surface area (Å²) in [5, 5.41) is 3.80. The van der Waals surface area contributed by atoms with Crippen molar-refractivity contribution in [2.24, 2.45) is 17.3 Å². The van der Waals surface area contributed by atoms with E-state index in [1.165, 1.54) is 38.6 Å². The highest BCUT2D eigenvalue weighted by molar-refractivity contribution is 5.10. The van der Waals surface area contributed by atoms with Gasteiger partial charge in [0.05, 0.1) is 6.10 Å². The van der Waals surface area contributed by atoms with Crippen LogP contribution in [0, 0.1) is 17.3 Å². The second-order valence-corrected chi connectivity index (χ2v) is 7.24. The standard InChI is InChI=1S/C16H31NO/c1-12(2)8-5-6-10-17-14-13-9-7-11-18-15(13)16(14,3)4/h12-15,17H,5-11H2,1-4H3. The van der Waals surface area contributed by atoms with Gasteiger partial charge in [-0.25, -0.2) is 0 Å². The SMILES string of the molecule is CC(C)CCCCNC1C2CCCOC2C1(C)C. The highest BCUT2D eigenvalue weighted by Gasteiger charge is 2.57. The van der Waals surface area contributed by atoms with Gasteiger partial charge in [-0.1, -0.05) is 40.5 Å². The average Bonchev–Trinajstić information content (AvgIpc) is 2.33. The molecule has 18 heavy (non-hydrogen) atoms. The summed E-state index contributed by atoms with van der Waals surface area (Å²) in [6, 6.07) is 0.682. The van der Waals surface area contributed by atoms with Crippen LogP contribution in [0.2, 0.25) is 0 Å². The Balaban J connectivity index is 1.69. The molecule has 0 radical (unpaired) electrons. The summed E-state index contributed by atoms with van der Waals surface area (Å²) in [6.45, 7) is 11.5. The molecule has 3 unspecified atom stereocenters. The highest BCUT2D eigenvalue weighted by atomic mass is 16.5. The van der Waals surface area contributed by atoms with Crippen LogP contribution in [0.1, 0.15) is 59.8 Å². The summed E-state index contributed by atoms with van der Waals surface area (Å²) in [5.41, 5.74) is 0.336. The fraction of sp³-hybridized carbons (Fsp3) is 1.00. The van der Waals surface area contributed by atoms with Crippen LogP contribution in [0.4, 0.5) is 0 Å². The lowest BCUT2D eigenvalue weighted by Crippen LogP contribution is -2.69.